The highest BCUT2D eigenvalue weighted by Gasteiger charge is 2.23. The fraction of sp³-hybridized carbons (Fsp3) is 0.500. The van der Waals surface area contributed by atoms with Crippen LogP contribution in [-0.2, 0) is 0 Å². The Morgan fingerprint density at radius 3 is 2.57 bits per heavy atom. The molecule has 5 nitrogen and oxygen atoms in total. The number of nitrogens with one attached hydrogen (secondary N) is 1. The molecule has 1 rings (SSSR count). The molecule has 1 N–H and O–H groups in total. The Hall–Kier alpha value is -2.05. The summed E-state index contributed by atoms with van der Waals surface area (Å²) in [6.07, 6.45) is 2.63. The van der Waals surface area contributed by atoms with E-state index in [4.69, 9.17) is 0 Å². The predicted molar refractivity (Wildman–Crippen MR) is 74.0 cm³/mol. The molecular formula is C14H18F2N2O3. The molecule has 21 heavy (non-hydrogen) atoms. The number of hydrogen-bond donors (Lipinski definition) is 1. The van der Waals surface area contributed by atoms with Gasteiger partial charge in [-0.05, 0) is 18.4 Å². The second-order valence-corrected chi connectivity index (χ2v) is 5.19. The molecule has 1 aromatic carbocycles. The number of nitro benzene ring substituents is 1. The third-order valence-electron chi connectivity index (χ3n) is 2.95. The number of hydrogen-bond acceptors (Lipinski definition) is 3. The molecule has 1 amide bonds. The highest BCUT2D eigenvalue weighted by Crippen LogP contribution is 2.22. The quantitative estimate of drug-likeness (QED) is 0.476. The van der Waals surface area contributed by atoms with Crippen LogP contribution in [0.1, 0.15) is 43.5 Å². The van der Waals surface area contributed by atoms with Gasteiger partial charge in [0, 0.05) is 6.54 Å². The van der Waals surface area contributed by atoms with Crippen LogP contribution in [0, 0.1) is 27.7 Å². The second-order valence-electron chi connectivity index (χ2n) is 5.19. The third kappa shape index (κ3) is 5.09. The lowest BCUT2D eigenvalue weighted by Gasteiger charge is -2.07. The molecular weight excluding hydrogens is 282 g/mol. The van der Waals surface area contributed by atoms with Crippen molar-refractivity contribution in [1.82, 2.24) is 5.32 Å². The van der Waals surface area contributed by atoms with E-state index in [9.17, 15) is 23.7 Å². The molecule has 0 aliphatic rings. The summed E-state index contributed by atoms with van der Waals surface area (Å²) in [4.78, 5) is 21.3. The van der Waals surface area contributed by atoms with Crippen molar-refractivity contribution in [3.05, 3.63) is 39.4 Å². The number of unbranched alkanes of at least 4 members (excludes halogenated alkanes) is 1. The molecule has 1 aromatic rings. The van der Waals surface area contributed by atoms with Gasteiger partial charge in [-0.1, -0.05) is 26.7 Å². The Morgan fingerprint density at radius 1 is 1.33 bits per heavy atom. The minimum atomic E-state index is -1.32. The van der Waals surface area contributed by atoms with Crippen molar-refractivity contribution in [2.24, 2.45) is 5.92 Å². The Labute approximate surface area is 121 Å². The SMILES string of the molecule is CC(C)CCCCNC(=O)c1cc(F)cc([N+](=O)[O-])c1F. The number of carbonyl (C=O) groups is 1. The molecule has 0 aliphatic heterocycles. The van der Waals surface area contributed by atoms with Gasteiger partial charge in [0.05, 0.1) is 16.6 Å². The molecule has 0 unspecified atom stereocenters. The van der Waals surface area contributed by atoms with Crippen LogP contribution in [0.3, 0.4) is 0 Å². The summed E-state index contributed by atoms with van der Waals surface area (Å²) in [5.41, 5.74) is -1.69. The lowest BCUT2D eigenvalue weighted by molar-refractivity contribution is -0.387. The first-order valence-corrected chi connectivity index (χ1v) is 6.74. The van der Waals surface area contributed by atoms with Crippen LogP contribution in [0.2, 0.25) is 0 Å². The van der Waals surface area contributed by atoms with Gasteiger partial charge in [-0.25, -0.2) is 4.39 Å². The molecule has 0 radical (unpaired) electrons. The first-order valence-electron chi connectivity index (χ1n) is 6.74. The second kappa shape index (κ2) is 7.66. The van der Waals surface area contributed by atoms with E-state index in [-0.39, 0.29) is 0 Å². The Kier molecular flexibility index (Phi) is 6.20. The van der Waals surface area contributed by atoms with Crippen molar-refractivity contribution in [2.45, 2.75) is 33.1 Å². The Balaban J connectivity index is 2.68. The molecule has 0 aliphatic carbocycles. The van der Waals surface area contributed by atoms with Crippen molar-refractivity contribution >= 4 is 11.6 Å². The van der Waals surface area contributed by atoms with Gasteiger partial charge in [0.2, 0.25) is 5.82 Å². The van der Waals surface area contributed by atoms with Crippen molar-refractivity contribution in [3.63, 3.8) is 0 Å². The van der Waals surface area contributed by atoms with Crippen molar-refractivity contribution < 1.29 is 18.5 Å². The van der Waals surface area contributed by atoms with Crippen LogP contribution < -0.4 is 5.32 Å². The number of carbonyl (C=O) groups excluding carboxylic acids is 1. The van der Waals surface area contributed by atoms with Crippen molar-refractivity contribution in [1.29, 1.82) is 0 Å². The fourth-order valence-corrected chi connectivity index (χ4v) is 1.85. The largest absolute Gasteiger partial charge is 0.352 e. The first-order chi connectivity index (χ1) is 9.82. The van der Waals surface area contributed by atoms with Gasteiger partial charge in [0.25, 0.3) is 5.91 Å². The van der Waals surface area contributed by atoms with E-state index in [0.717, 1.165) is 12.8 Å². The topological polar surface area (TPSA) is 72.2 Å². The van der Waals surface area contributed by atoms with Crippen LogP contribution in [0.4, 0.5) is 14.5 Å². The number of rotatable bonds is 7. The van der Waals surface area contributed by atoms with E-state index in [1.807, 2.05) is 0 Å². The van der Waals surface area contributed by atoms with E-state index in [0.29, 0.717) is 31.0 Å². The van der Waals surface area contributed by atoms with Crippen LogP contribution in [0.15, 0.2) is 12.1 Å². The number of halogens is 2. The summed E-state index contributed by atoms with van der Waals surface area (Å²) in [6.45, 7) is 4.48. The lowest BCUT2D eigenvalue weighted by Crippen LogP contribution is -2.26. The van der Waals surface area contributed by atoms with Gasteiger partial charge in [0.1, 0.15) is 5.82 Å². The van der Waals surface area contributed by atoms with Gasteiger partial charge in [-0.3, -0.25) is 14.9 Å². The van der Waals surface area contributed by atoms with Gasteiger partial charge in [-0.15, -0.1) is 0 Å². The van der Waals surface area contributed by atoms with E-state index >= 15 is 0 Å². The highest BCUT2D eigenvalue weighted by molar-refractivity contribution is 5.95. The molecule has 0 spiro atoms. The maximum atomic E-state index is 13.8. The zero-order chi connectivity index (χ0) is 16.0. The summed E-state index contributed by atoms with van der Waals surface area (Å²) < 4.78 is 27.0. The molecule has 0 saturated heterocycles. The van der Waals surface area contributed by atoms with Crippen LogP contribution in [0.25, 0.3) is 0 Å². The molecule has 0 bridgehead atoms. The van der Waals surface area contributed by atoms with Crippen LogP contribution in [-0.4, -0.2) is 17.4 Å². The fourth-order valence-electron chi connectivity index (χ4n) is 1.85. The van der Waals surface area contributed by atoms with Gasteiger partial charge < -0.3 is 5.32 Å². The number of benzene rings is 1. The van der Waals surface area contributed by atoms with Crippen LogP contribution >= 0.6 is 0 Å². The third-order valence-corrected chi connectivity index (χ3v) is 2.95. The molecule has 0 saturated carbocycles. The zero-order valence-corrected chi connectivity index (χ0v) is 12.0. The molecule has 0 fully saturated rings. The van der Waals surface area contributed by atoms with E-state index in [1.165, 1.54) is 0 Å². The summed E-state index contributed by atoms with van der Waals surface area (Å²) in [6, 6.07) is 1.11. The number of amides is 1. The highest BCUT2D eigenvalue weighted by atomic mass is 19.1. The standard InChI is InChI=1S/C14H18F2N2O3/c1-9(2)5-3-4-6-17-14(19)11-7-10(15)8-12(13(11)16)18(20)21/h7-9H,3-6H2,1-2H3,(H,17,19). The summed E-state index contributed by atoms with van der Waals surface area (Å²) in [5.74, 6) is -2.63. The number of nitrogens with zero attached hydrogens (tertiary/aromatic N) is 1. The molecule has 7 heteroatoms. The molecule has 0 heterocycles. The van der Waals surface area contributed by atoms with E-state index in [1.54, 1.807) is 0 Å². The molecule has 0 atom stereocenters. The molecule has 116 valence electrons. The molecule has 0 aromatic heterocycles. The van der Waals surface area contributed by atoms with Crippen LogP contribution in [0.5, 0.6) is 0 Å². The van der Waals surface area contributed by atoms with Gasteiger partial charge in [-0.2, -0.15) is 4.39 Å². The maximum Gasteiger partial charge on any atom is 0.308 e. The Bertz CT molecular complexity index is 533. The minimum Gasteiger partial charge on any atom is -0.352 e. The predicted octanol–water partition coefficient (Wildman–Crippen LogP) is 3.43. The minimum absolute atomic E-state index is 0.315. The van der Waals surface area contributed by atoms with Gasteiger partial charge >= 0.3 is 5.69 Å². The smallest absolute Gasteiger partial charge is 0.308 e. The first kappa shape index (κ1) is 17.0. The van der Waals surface area contributed by atoms with E-state index < -0.39 is 33.7 Å². The summed E-state index contributed by atoms with van der Waals surface area (Å²) >= 11 is 0. The van der Waals surface area contributed by atoms with Crippen molar-refractivity contribution in [3.8, 4) is 0 Å². The van der Waals surface area contributed by atoms with Crippen molar-refractivity contribution in [2.75, 3.05) is 6.54 Å². The average molecular weight is 300 g/mol. The monoisotopic (exact) mass is 300 g/mol. The number of nitro groups is 1. The zero-order valence-electron chi connectivity index (χ0n) is 12.0. The average Bonchev–Trinajstić information content (AvgIpc) is 2.39. The normalized spacial score (nSPS) is 10.7. The lowest BCUT2D eigenvalue weighted by atomic mass is 10.1. The maximum absolute atomic E-state index is 13.8. The summed E-state index contributed by atoms with van der Waals surface area (Å²) in [7, 11) is 0. The van der Waals surface area contributed by atoms with E-state index in [2.05, 4.69) is 19.2 Å². The van der Waals surface area contributed by atoms with Gasteiger partial charge in [0.15, 0.2) is 0 Å². The Morgan fingerprint density at radius 2 is 2.00 bits per heavy atom. The summed E-state index contributed by atoms with van der Waals surface area (Å²) in [5, 5.41) is 13.0.